The Labute approximate surface area is 148 Å². The molecule has 0 bridgehead atoms. The van der Waals surface area contributed by atoms with Crippen molar-refractivity contribution in [1.29, 1.82) is 0 Å². The molecule has 1 aliphatic carbocycles. The highest BCUT2D eigenvalue weighted by Crippen LogP contribution is 2.50. The van der Waals surface area contributed by atoms with Crippen LogP contribution in [0.1, 0.15) is 25.3 Å². The molecule has 0 radical (unpaired) electrons. The Hall–Kier alpha value is -1.10. The molecule has 2 heterocycles. The summed E-state index contributed by atoms with van der Waals surface area (Å²) in [6.07, 6.45) is 1.89. The second-order valence-electron chi connectivity index (χ2n) is 7.50. The molecule has 2 atom stereocenters. The van der Waals surface area contributed by atoms with Gasteiger partial charge in [-0.2, -0.15) is 0 Å². The summed E-state index contributed by atoms with van der Waals surface area (Å²) in [5.74, 6) is 0.814. The fourth-order valence-corrected chi connectivity index (χ4v) is 4.53. The molecule has 1 aromatic rings. The van der Waals surface area contributed by atoms with Gasteiger partial charge in [0.1, 0.15) is 0 Å². The summed E-state index contributed by atoms with van der Waals surface area (Å²) in [5, 5.41) is 0.715. The predicted octanol–water partition coefficient (Wildman–Crippen LogP) is 2.55. The molecule has 4 nitrogen and oxygen atoms in total. The molecular formula is C19H25ClN2O2. The fourth-order valence-electron chi connectivity index (χ4n) is 4.34. The van der Waals surface area contributed by atoms with E-state index in [9.17, 15) is 4.79 Å². The standard InChI is InChI=1S/C19H25ClN2O2/c1-14-12-22(13-17(14)21-7-9-24-10-8-21)18(23)19(5-6-19)15-3-2-4-16(20)11-15/h2-4,11,14,17H,5-10,12-13H2,1H3. The van der Waals surface area contributed by atoms with E-state index in [2.05, 4.69) is 22.8 Å². The first-order valence-electron chi connectivity index (χ1n) is 8.97. The first kappa shape index (κ1) is 16.4. The van der Waals surface area contributed by atoms with E-state index in [0.717, 1.165) is 57.8 Å². The Morgan fingerprint density at radius 2 is 2.00 bits per heavy atom. The van der Waals surface area contributed by atoms with Crippen LogP contribution in [-0.4, -0.2) is 61.1 Å². The lowest BCUT2D eigenvalue weighted by Crippen LogP contribution is -2.47. The molecule has 2 aliphatic heterocycles. The smallest absolute Gasteiger partial charge is 0.233 e. The number of likely N-dealkylation sites (tertiary alicyclic amines) is 1. The molecule has 130 valence electrons. The summed E-state index contributed by atoms with van der Waals surface area (Å²) in [7, 11) is 0. The monoisotopic (exact) mass is 348 g/mol. The fraction of sp³-hybridized carbons (Fsp3) is 0.632. The third-order valence-electron chi connectivity index (χ3n) is 5.91. The third-order valence-corrected chi connectivity index (χ3v) is 6.15. The van der Waals surface area contributed by atoms with Crippen LogP contribution in [0.4, 0.5) is 0 Å². The Balaban J connectivity index is 1.49. The van der Waals surface area contributed by atoms with Gasteiger partial charge >= 0.3 is 0 Å². The van der Waals surface area contributed by atoms with E-state index in [1.165, 1.54) is 0 Å². The van der Waals surface area contributed by atoms with Crippen LogP contribution >= 0.6 is 11.6 Å². The second kappa shape index (κ2) is 6.32. The third kappa shape index (κ3) is 2.85. The molecule has 0 N–H and O–H groups in total. The van der Waals surface area contributed by atoms with Crippen LogP contribution in [0, 0.1) is 5.92 Å². The van der Waals surface area contributed by atoms with E-state index in [-0.39, 0.29) is 5.41 Å². The van der Waals surface area contributed by atoms with Gasteiger partial charge in [0.25, 0.3) is 0 Å². The number of hydrogen-bond donors (Lipinski definition) is 0. The van der Waals surface area contributed by atoms with Gasteiger partial charge in [-0.15, -0.1) is 0 Å². The van der Waals surface area contributed by atoms with Crippen molar-refractivity contribution >= 4 is 17.5 Å². The van der Waals surface area contributed by atoms with Crippen molar-refractivity contribution < 1.29 is 9.53 Å². The second-order valence-corrected chi connectivity index (χ2v) is 7.93. The van der Waals surface area contributed by atoms with Crippen LogP contribution in [0.25, 0.3) is 0 Å². The molecule has 5 heteroatoms. The van der Waals surface area contributed by atoms with Crippen molar-refractivity contribution in [1.82, 2.24) is 9.80 Å². The lowest BCUT2D eigenvalue weighted by molar-refractivity contribution is -0.133. The average Bonchev–Trinajstić information content (AvgIpc) is 3.32. The Morgan fingerprint density at radius 3 is 2.67 bits per heavy atom. The van der Waals surface area contributed by atoms with E-state index in [0.29, 0.717) is 22.9 Å². The molecule has 2 saturated heterocycles. The van der Waals surface area contributed by atoms with Gasteiger partial charge in [0.05, 0.1) is 18.6 Å². The normalized spacial score (nSPS) is 29.7. The van der Waals surface area contributed by atoms with Gasteiger partial charge in [0.2, 0.25) is 5.91 Å². The number of benzene rings is 1. The van der Waals surface area contributed by atoms with Gasteiger partial charge in [-0.1, -0.05) is 30.7 Å². The molecular weight excluding hydrogens is 324 g/mol. The lowest BCUT2D eigenvalue weighted by atomic mass is 9.94. The summed E-state index contributed by atoms with van der Waals surface area (Å²) < 4.78 is 5.47. The molecule has 2 unspecified atom stereocenters. The van der Waals surface area contributed by atoms with E-state index in [1.54, 1.807) is 0 Å². The molecule has 0 spiro atoms. The topological polar surface area (TPSA) is 32.8 Å². The molecule has 0 aromatic heterocycles. The van der Waals surface area contributed by atoms with Crippen LogP contribution in [0.15, 0.2) is 24.3 Å². The van der Waals surface area contributed by atoms with Gasteiger partial charge in [-0.05, 0) is 36.5 Å². The van der Waals surface area contributed by atoms with Crippen LogP contribution in [0.3, 0.4) is 0 Å². The quantitative estimate of drug-likeness (QED) is 0.841. The molecule has 1 saturated carbocycles. The van der Waals surface area contributed by atoms with Crippen LogP contribution in [-0.2, 0) is 14.9 Å². The predicted molar refractivity (Wildman–Crippen MR) is 94.3 cm³/mol. The van der Waals surface area contributed by atoms with Gasteiger partial charge in [-0.3, -0.25) is 9.69 Å². The zero-order chi connectivity index (χ0) is 16.7. The Morgan fingerprint density at radius 1 is 1.25 bits per heavy atom. The van der Waals surface area contributed by atoms with Crippen molar-refractivity contribution in [2.75, 3.05) is 39.4 Å². The molecule has 1 aromatic carbocycles. The first-order chi connectivity index (χ1) is 11.6. The molecule has 1 amide bonds. The summed E-state index contributed by atoms with van der Waals surface area (Å²) >= 11 is 6.15. The molecule has 3 fully saturated rings. The summed E-state index contributed by atoms with van der Waals surface area (Å²) in [6.45, 7) is 7.57. The minimum absolute atomic E-state index is 0.298. The first-order valence-corrected chi connectivity index (χ1v) is 9.35. The minimum Gasteiger partial charge on any atom is -0.379 e. The highest BCUT2D eigenvalue weighted by Gasteiger charge is 2.54. The van der Waals surface area contributed by atoms with Crippen LogP contribution in [0.2, 0.25) is 5.02 Å². The summed E-state index contributed by atoms with van der Waals surface area (Å²) in [4.78, 5) is 17.9. The van der Waals surface area contributed by atoms with E-state index >= 15 is 0 Å². The Bertz CT molecular complexity index is 626. The lowest BCUT2D eigenvalue weighted by Gasteiger charge is -2.34. The molecule has 4 rings (SSSR count). The maximum Gasteiger partial charge on any atom is 0.233 e. The van der Waals surface area contributed by atoms with Crippen molar-refractivity contribution in [2.45, 2.75) is 31.2 Å². The van der Waals surface area contributed by atoms with Crippen molar-refractivity contribution in [2.24, 2.45) is 5.92 Å². The van der Waals surface area contributed by atoms with Gasteiger partial charge in [0.15, 0.2) is 0 Å². The number of carbonyl (C=O) groups excluding carboxylic acids is 1. The van der Waals surface area contributed by atoms with Gasteiger partial charge in [0, 0.05) is 37.2 Å². The zero-order valence-electron chi connectivity index (χ0n) is 14.2. The van der Waals surface area contributed by atoms with E-state index < -0.39 is 0 Å². The Kier molecular flexibility index (Phi) is 4.31. The van der Waals surface area contributed by atoms with Crippen LogP contribution in [0.5, 0.6) is 0 Å². The molecule has 3 aliphatic rings. The number of carbonyl (C=O) groups is 1. The highest BCUT2D eigenvalue weighted by molar-refractivity contribution is 6.30. The molecule has 24 heavy (non-hydrogen) atoms. The maximum atomic E-state index is 13.3. The van der Waals surface area contributed by atoms with E-state index in [4.69, 9.17) is 16.3 Å². The summed E-state index contributed by atoms with van der Waals surface area (Å²) in [5.41, 5.74) is 0.771. The van der Waals surface area contributed by atoms with Crippen molar-refractivity contribution in [3.63, 3.8) is 0 Å². The SMILES string of the molecule is CC1CN(C(=O)C2(c3cccc(Cl)c3)CC2)CC1N1CCOCC1. The number of amides is 1. The number of morpholine rings is 1. The number of rotatable bonds is 3. The zero-order valence-corrected chi connectivity index (χ0v) is 15.0. The number of hydrogen-bond acceptors (Lipinski definition) is 3. The maximum absolute atomic E-state index is 13.3. The minimum atomic E-state index is -0.315. The van der Waals surface area contributed by atoms with Crippen molar-refractivity contribution in [3.05, 3.63) is 34.9 Å². The number of ether oxygens (including phenoxy) is 1. The van der Waals surface area contributed by atoms with Gasteiger partial charge in [-0.25, -0.2) is 0 Å². The highest BCUT2D eigenvalue weighted by atomic mass is 35.5. The number of halogens is 1. The average molecular weight is 349 g/mol. The van der Waals surface area contributed by atoms with E-state index in [1.807, 2.05) is 18.2 Å². The van der Waals surface area contributed by atoms with Crippen molar-refractivity contribution in [3.8, 4) is 0 Å². The largest absolute Gasteiger partial charge is 0.379 e. The van der Waals surface area contributed by atoms with Crippen LogP contribution < -0.4 is 0 Å². The van der Waals surface area contributed by atoms with Gasteiger partial charge < -0.3 is 9.64 Å². The number of nitrogens with zero attached hydrogens (tertiary/aromatic N) is 2. The summed E-state index contributed by atoms with van der Waals surface area (Å²) in [6, 6.07) is 8.31.